The number of nitrogens with one attached hydrogen (secondary N) is 3. The van der Waals surface area contributed by atoms with Gasteiger partial charge < -0.3 is 85.6 Å². The molecule has 2 fully saturated rings. The summed E-state index contributed by atoms with van der Waals surface area (Å²) >= 11 is 0. The Balaban J connectivity index is 2.38. The SMILES string of the molecule is CC(=O)N[C@H]1[C@H]([C@H](O)[C@H](O)CO)O[C@](OC[C@H]2O[C@@H](OC[C@H](NC(=O)OC(C)(C)C)C(=O)O)[C@@](O)(NC(C)=O)[C@@H](O)[C@H]2O)(C(=O)O)C[C@@H]1O. The van der Waals surface area contributed by atoms with Crippen LogP contribution in [0.5, 0.6) is 0 Å². The number of aliphatic hydroxyl groups excluding tert-OH is 6. The number of carboxylic acid groups (broad SMARTS) is 2. The Labute approximate surface area is 278 Å². The lowest BCUT2D eigenvalue weighted by atomic mass is 9.88. The molecule has 0 aromatic rings. The maximum absolute atomic E-state index is 12.5. The molecule has 0 unspecified atom stereocenters. The molecule has 22 nitrogen and oxygen atoms in total. The maximum atomic E-state index is 12.5. The number of carbonyl (C=O) groups is 5. The van der Waals surface area contributed by atoms with Crippen LogP contribution in [0.4, 0.5) is 4.79 Å². The molecule has 0 aliphatic carbocycles. The molecule has 12 N–H and O–H groups in total. The molecule has 2 rings (SSSR count). The molecule has 0 aromatic carbocycles. The predicted octanol–water partition coefficient (Wildman–Crippen LogP) is -5.58. The third-order valence-electron chi connectivity index (χ3n) is 7.26. The lowest BCUT2D eigenvalue weighted by Gasteiger charge is -2.49. The van der Waals surface area contributed by atoms with Crippen LogP contribution in [-0.4, -0.2) is 174 Å². The van der Waals surface area contributed by atoms with Crippen molar-refractivity contribution in [1.29, 1.82) is 0 Å². The highest BCUT2D eigenvalue weighted by Crippen LogP contribution is 2.36. The number of aliphatic hydroxyl groups is 7. The molecule has 282 valence electrons. The van der Waals surface area contributed by atoms with Crippen LogP contribution in [0.2, 0.25) is 0 Å². The molecular weight excluding hydrogens is 670 g/mol. The Morgan fingerprint density at radius 1 is 1.02 bits per heavy atom. The quantitative estimate of drug-likeness (QED) is 0.0746. The number of ether oxygens (including phenoxy) is 5. The van der Waals surface area contributed by atoms with Gasteiger partial charge in [0.2, 0.25) is 23.8 Å². The van der Waals surface area contributed by atoms with E-state index in [0.29, 0.717) is 0 Å². The predicted molar refractivity (Wildman–Crippen MR) is 155 cm³/mol. The van der Waals surface area contributed by atoms with Gasteiger partial charge in [-0.1, -0.05) is 0 Å². The number of hydrogen-bond acceptors (Lipinski definition) is 17. The summed E-state index contributed by atoms with van der Waals surface area (Å²) in [5.41, 5.74) is -3.99. The molecule has 2 heterocycles. The summed E-state index contributed by atoms with van der Waals surface area (Å²) in [5.74, 6) is -8.21. The number of carbonyl (C=O) groups excluding carboxylic acids is 3. The number of amides is 3. The van der Waals surface area contributed by atoms with E-state index in [-0.39, 0.29) is 0 Å². The van der Waals surface area contributed by atoms with E-state index in [4.69, 9.17) is 23.7 Å². The second-order valence-electron chi connectivity index (χ2n) is 12.5. The molecule has 0 saturated carbocycles. The van der Waals surface area contributed by atoms with Crippen molar-refractivity contribution in [3.8, 4) is 0 Å². The standard InChI is InChI=1S/C27H45N3O19/c1-10(32)28-16-13(34)6-26(22(41)42,48-19(16)17(36)14(35)7-31)46-9-15-18(37)20(38)27(44,30-11(2)33)23(47-15)45-8-12(21(39)40)29-24(43)49-25(3,4)5/h12-20,23,31,34-38,44H,6-9H2,1-5H3,(H,28,32)(H,29,43)(H,30,33)(H,39,40)(H,41,42)/t12-,13-,14+,15+,16+,17+,18-,19+,20-,23+,26-,27+/m0/s1. The molecule has 3 amide bonds. The highest BCUT2D eigenvalue weighted by molar-refractivity contribution is 5.80. The zero-order chi connectivity index (χ0) is 37.6. The van der Waals surface area contributed by atoms with Crippen molar-refractivity contribution in [1.82, 2.24) is 16.0 Å². The van der Waals surface area contributed by atoms with Gasteiger partial charge >= 0.3 is 18.0 Å². The first-order valence-corrected chi connectivity index (χ1v) is 14.8. The minimum atomic E-state index is -2.97. The van der Waals surface area contributed by atoms with E-state index in [9.17, 15) is 69.9 Å². The Morgan fingerprint density at radius 3 is 2.12 bits per heavy atom. The van der Waals surface area contributed by atoms with Crippen molar-refractivity contribution in [2.45, 2.75) is 119 Å². The van der Waals surface area contributed by atoms with Crippen LogP contribution in [0.1, 0.15) is 41.0 Å². The van der Waals surface area contributed by atoms with Crippen LogP contribution in [0.25, 0.3) is 0 Å². The van der Waals surface area contributed by atoms with Gasteiger partial charge in [-0.3, -0.25) is 9.59 Å². The number of hydrogen-bond donors (Lipinski definition) is 12. The highest BCUT2D eigenvalue weighted by atomic mass is 16.7. The van der Waals surface area contributed by atoms with Gasteiger partial charge in [0.1, 0.15) is 42.2 Å². The smallest absolute Gasteiger partial charge is 0.408 e. The molecule has 2 aliphatic rings. The normalized spacial score (nSPS) is 33.8. The van der Waals surface area contributed by atoms with E-state index in [1.54, 1.807) is 0 Å². The molecule has 12 atom stereocenters. The average Bonchev–Trinajstić information content (AvgIpc) is 2.97. The van der Waals surface area contributed by atoms with Crippen molar-refractivity contribution in [2.24, 2.45) is 0 Å². The number of alkyl carbamates (subject to hydrolysis) is 1. The van der Waals surface area contributed by atoms with Crippen molar-refractivity contribution >= 4 is 29.8 Å². The first-order chi connectivity index (χ1) is 22.5. The number of rotatable bonds is 14. The van der Waals surface area contributed by atoms with Crippen molar-refractivity contribution in [3.05, 3.63) is 0 Å². The summed E-state index contributed by atoms with van der Waals surface area (Å²) in [5, 5.41) is 99.4. The molecule has 0 spiro atoms. The van der Waals surface area contributed by atoms with E-state index in [2.05, 4.69) is 5.32 Å². The van der Waals surface area contributed by atoms with E-state index in [1.807, 2.05) is 10.6 Å². The van der Waals surface area contributed by atoms with E-state index in [1.165, 1.54) is 20.8 Å². The van der Waals surface area contributed by atoms with Crippen LogP contribution < -0.4 is 16.0 Å². The molecule has 0 aromatic heterocycles. The molecule has 2 saturated heterocycles. The van der Waals surface area contributed by atoms with E-state index in [0.717, 1.165) is 13.8 Å². The van der Waals surface area contributed by atoms with Gasteiger partial charge in [-0.15, -0.1) is 0 Å². The molecule has 0 bridgehead atoms. The fraction of sp³-hybridized carbons (Fsp3) is 0.815. The highest BCUT2D eigenvalue weighted by Gasteiger charge is 2.59. The van der Waals surface area contributed by atoms with Gasteiger partial charge in [0.05, 0.1) is 32.0 Å². The zero-order valence-electron chi connectivity index (χ0n) is 27.2. The maximum Gasteiger partial charge on any atom is 0.408 e. The Bertz CT molecular complexity index is 1200. The summed E-state index contributed by atoms with van der Waals surface area (Å²) in [7, 11) is 0. The van der Waals surface area contributed by atoms with Crippen LogP contribution in [0, 0.1) is 0 Å². The fourth-order valence-electron chi connectivity index (χ4n) is 4.97. The monoisotopic (exact) mass is 715 g/mol. The Morgan fingerprint density at radius 2 is 1.63 bits per heavy atom. The topological polar surface area (TPSA) is 350 Å². The summed E-state index contributed by atoms with van der Waals surface area (Å²) in [6.45, 7) is 3.36. The summed E-state index contributed by atoms with van der Waals surface area (Å²) in [6, 6.07) is -3.38. The zero-order valence-corrected chi connectivity index (χ0v) is 27.2. The summed E-state index contributed by atoms with van der Waals surface area (Å²) in [4.78, 5) is 60.1. The lowest BCUT2D eigenvalue weighted by molar-refractivity contribution is -0.363. The van der Waals surface area contributed by atoms with Crippen molar-refractivity contribution in [3.63, 3.8) is 0 Å². The van der Waals surface area contributed by atoms with Crippen LogP contribution in [0.15, 0.2) is 0 Å². The fourth-order valence-corrected chi connectivity index (χ4v) is 4.97. The minimum absolute atomic E-state index is 0.746. The average molecular weight is 716 g/mol. The first-order valence-electron chi connectivity index (χ1n) is 14.8. The second-order valence-corrected chi connectivity index (χ2v) is 12.5. The molecule has 22 heteroatoms. The molecule has 0 radical (unpaired) electrons. The first kappa shape index (κ1) is 41.9. The van der Waals surface area contributed by atoms with Crippen molar-refractivity contribution in [2.75, 3.05) is 19.8 Å². The van der Waals surface area contributed by atoms with Crippen LogP contribution >= 0.6 is 0 Å². The largest absolute Gasteiger partial charge is 0.480 e. The van der Waals surface area contributed by atoms with Crippen LogP contribution in [-0.2, 0) is 42.9 Å². The number of carboxylic acids is 2. The number of aliphatic carboxylic acids is 2. The molecular formula is C27H45N3O19. The minimum Gasteiger partial charge on any atom is -0.480 e. The summed E-state index contributed by atoms with van der Waals surface area (Å²) < 4.78 is 26.8. The Kier molecular flexibility index (Phi) is 14.2. The second kappa shape index (κ2) is 16.6. The molecule has 2 aliphatic heterocycles. The third-order valence-corrected chi connectivity index (χ3v) is 7.26. The van der Waals surface area contributed by atoms with E-state index >= 15 is 0 Å². The van der Waals surface area contributed by atoms with Crippen LogP contribution in [0.3, 0.4) is 0 Å². The Hall–Kier alpha value is -3.29. The van der Waals surface area contributed by atoms with Crippen molar-refractivity contribution < 1.29 is 93.6 Å². The summed E-state index contributed by atoms with van der Waals surface area (Å²) in [6.07, 6.45) is -18.6. The van der Waals surface area contributed by atoms with E-state index < -0.39 is 134 Å². The van der Waals surface area contributed by atoms with Gasteiger partial charge in [0.15, 0.2) is 6.04 Å². The van der Waals surface area contributed by atoms with Gasteiger partial charge in [-0.05, 0) is 20.8 Å². The van der Waals surface area contributed by atoms with Gasteiger partial charge in [-0.25, -0.2) is 14.4 Å². The third kappa shape index (κ3) is 10.6. The van der Waals surface area contributed by atoms with Gasteiger partial charge in [0.25, 0.3) is 5.79 Å². The van der Waals surface area contributed by atoms with Gasteiger partial charge in [-0.2, -0.15) is 0 Å². The molecule has 49 heavy (non-hydrogen) atoms. The van der Waals surface area contributed by atoms with Gasteiger partial charge in [0, 0.05) is 20.3 Å². The lowest BCUT2D eigenvalue weighted by Crippen LogP contribution is -2.74.